The van der Waals surface area contributed by atoms with Gasteiger partial charge in [-0.1, -0.05) is 29.8 Å². The van der Waals surface area contributed by atoms with Crippen LogP contribution in [0.2, 0.25) is 5.02 Å². The lowest BCUT2D eigenvalue weighted by atomic mass is 9.93. The number of aryl methyl sites for hydroxylation is 1. The second-order valence-corrected chi connectivity index (χ2v) is 9.77. The van der Waals surface area contributed by atoms with E-state index in [2.05, 4.69) is 46.5 Å². The van der Waals surface area contributed by atoms with Gasteiger partial charge in [-0.2, -0.15) is 0 Å². The molecule has 1 aliphatic carbocycles. The molecule has 0 saturated carbocycles. The Hall–Kier alpha value is -2.93. The molecule has 0 atom stereocenters. The van der Waals surface area contributed by atoms with Gasteiger partial charge in [0.2, 0.25) is 0 Å². The van der Waals surface area contributed by atoms with Crippen molar-refractivity contribution in [1.29, 1.82) is 0 Å². The maximum absolute atomic E-state index is 12.8. The molecule has 1 aromatic carbocycles. The first-order valence-electron chi connectivity index (χ1n) is 12.3. The van der Waals surface area contributed by atoms with Crippen LogP contribution < -0.4 is 15.6 Å². The number of benzene rings is 1. The molecular weight excluding hydrogens is 460 g/mol. The zero-order valence-electron chi connectivity index (χ0n) is 20.0. The third-order valence-electron chi connectivity index (χ3n) is 6.96. The molecule has 182 valence electrons. The highest BCUT2D eigenvalue weighted by atomic mass is 35.5. The summed E-state index contributed by atoms with van der Waals surface area (Å²) in [5.74, 6) is 0.531. The normalized spacial score (nSPS) is 16.6. The van der Waals surface area contributed by atoms with E-state index in [9.17, 15) is 4.79 Å². The molecule has 5 rings (SSSR count). The maximum Gasteiger partial charge on any atom is 0.258 e. The third-order valence-corrected chi connectivity index (χ3v) is 7.18. The number of nitrogens with one attached hydrogen (secondary N) is 1. The van der Waals surface area contributed by atoms with Gasteiger partial charge in [0.05, 0.1) is 10.7 Å². The lowest BCUT2D eigenvalue weighted by Crippen LogP contribution is -2.40. The van der Waals surface area contributed by atoms with Crippen LogP contribution in [0.5, 0.6) is 5.75 Å². The zero-order valence-corrected chi connectivity index (χ0v) is 20.8. The molecule has 2 aromatic heterocycles. The predicted octanol–water partition coefficient (Wildman–Crippen LogP) is 4.60. The van der Waals surface area contributed by atoms with Crippen LogP contribution in [-0.4, -0.2) is 40.6 Å². The van der Waals surface area contributed by atoms with Crippen molar-refractivity contribution < 1.29 is 4.74 Å². The van der Waals surface area contributed by atoms with Crippen LogP contribution in [0.4, 0.5) is 0 Å². The van der Waals surface area contributed by atoms with E-state index >= 15 is 0 Å². The van der Waals surface area contributed by atoms with Crippen molar-refractivity contribution in [3.63, 3.8) is 0 Å². The molecule has 7 heteroatoms. The van der Waals surface area contributed by atoms with Crippen LogP contribution in [-0.2, 0) is 19.6 Å². The van der Waals surface area contributed by atoms with Gasteiger partial charge >= 0.3 is 0 Å². The van der Waals surface area contributed by atoms with Gasteiger partial charge in [0, 0.05) is 36.7 Å². The van der Waals surface area contributed by atoms with Crippen LogP contribution in [0.25, 0.3) is 11.8 Å². The summed E-state index contributed by atoms with van der Waals surface area (Å²) in [4.78, 5) is 19.6. The number of aromatic nitrogens is 2. The largest absolute Gasteiger partial charge is 0.487 e. The molecule has 0 unspecified atom stereocenters. The fourth-order valence-electron chi connectivity index (χ4n) is 4.89. The Labute approximate surface area is 211 Å². The van der Waals surface area contributed by atoms with Crippen molar-refractivity contribution in [2.45, 2.75) is 44.9 Å². The molecule has 3 aromatic rings. The summed E-state index contributed by atoms with van der Waals surface area (Å²) >= 11 is 5.87. The number of nitrogens with zero attached hydrogens (tertiary/aromatic N) is 3. The van der Waals surface area contributed by atoms with E-state index < -0.39 is 0 Å². The molecule has 0 spiro atoms. The number of fused-ring (bicyclic) bond motifs is 1. The number of ether oxygens (including phenoxy) is 1. The molecule has 3 heterocycles. The molecule has 1 aliphatic heterocycles. The van der Waals surface area contributed by atoms with Gasteiger partial charge in [-0.15, -0.1) is 0 Å². The highest BCUT2D eigenvalue weighted by Gasteiger charge is 2.19. The van der Waals surface area contributed by atoms with Gasteiger partial charge < -0.3 is 10.1 Å². The van der Waals surface area contributed by atoms with Crippen LogP contribution >= 0.6 is 11.6 Å². The second kappa shape index (κ2) is 10.8. The Balaban J connectivity index is 1.24. The van der Waals surface area contributed by atoms with Crippen LogP contribution in [0.15, 0.2) is 59.7 Å². The second-order valence-electron chi connectivity index (χ2n) is 9.34. The SMILES string of the molecule is CNC1CCN(Cc2ccc3c(c2)CCC(n2ccc(OCc4ccc(Cl)cn4)cc2=O)=C3)CC1. The van der Waals surface area contributed by atoms with E-state index in [1.165, 1.54) is 35.6 Å². The van der Waals surface area contributed by atoms with Crippen molar-refractivity contribution in [2.24, 2.45) is 0 Å². The molecular formula is C28H31ClN4O2. The minimum atomic E-state index is -0.0946. The minimum Gasteiger partial charge on any atom is -0.487 e. The van der Waals surface area contributed by atoms with E-state index in [4.69, 9.17) is 16.3 Å². The zero-order chi connectivity index (χ0) is 24.2. The van der Waals surface area contributed by atoms with Gasteiger partial charge in [-0.3, -0.25) is 19.2 Å². The van der Waals surface area contributed by atoms with Crippen molar-refractivity contribution >= 4 is 23.4 Å². The summed E-state index contributed by atoms with van der Waals surface area (Å²) in [6.07, 6.45) is 9.71. The molecule has 1 saturated heterocycles. The molecule has 35 heavy (non-hydrogen) atoms. The molecule has 0 bridgehead atoms. The first kappa shape index (κ1) is 23.8. The number of halogens is 1. The van der Waals surface area contributed by atoms with Crippen LogP contribution in [0.3, 0.4) is 0 Å². The van der Waals surface area contributed by atoms with Crippen LogP contribution in [0.1, 0.15) is 41.6 Å². The highest BCUT2D eigenvalue weighted by Crippen LogP contribution is 2.28. The topological polar surface area (TPSA) is 59.4 Å². The van der Waals surface area contributed by atoms with E-state index in [0.29, 0.717) is 16.8 Å². The summed E-state index contributed by atoms with van der Waals surface area (Å²) in [5.41, 5.74) is 5.60. The average Bonchev–Trinajstić information content (AvgIpc) is 2.88. The molecule has 2 aliphatic rings. The minimum absolute atomic E-state index is 0.0946. The van der Waals surface area contributed by atoms with E-state index in [1.54, 1.807) is 23.0 Å². The van der Waals surface area contributed by atoms with Gasteiger partial charge in [0.25, 0.3) is 5.56 Å². The van der Waals surface area contributed by atoms with Crippen molar-refractivity contribution in [1.82, 2.24) is 19.8 Å². The summed E-state index contributed by atoms with van der Waals surface area (Å²) in [5, 5.41) is 3.98. The van der Waals surface area contributed by atoms with Gasteiger partial charge in [0.15, 0.2) is 0 Å². The Bertz CT molecular complexity index is 1260. The van der Waals surface area contributed by atoms with Gasteiger partial charge in [-0.05, 0) is 86.8 Å². The first-order valence-corrected chi connectivity index (χ1v) is 12.6. The highest BCUT2D eigenvalue weighted by molar-refractivity contribution is 6.30. The Morgan fingerprint density at radius 3 is 2.71 bits per heavy atom. The van der Waals surface area contributed by atoms with Crippen molar-refractivity contribution in [3.8, 4) is 5.75 Å². The summed E-state index contributed by atoms with van der Waals surface area (Å²) in [6, 6.07) is 14.4. The monoisotopic (exact) mass is 490 g/mol. The van der Waals surface area contributed by atoms with E-state index in [0.717, 1.165) is 43.9 Å². The number of pyridine rings is 2. The van der Waals surface area contributed by atoms with Crippen molar-refractivity contribution in [2.75, 3.05) is 20.1 Å². The number of rotatable bonds is 7. The summed E-state index contributed by atoms with van der Waals surface area (Å²) in [6.45, 7) is 3.58. The molecule has 6 nitrogen and oxygen atoms in total. The quantitative estimate of drug-likeness (QED) is 0.524. The lowest BCUT2D eigenvalue weighted by molar-refractivity contribution is 0.194. The molecule has 0 radical (unpaired) electrons. The summed E-state index contributed by atoms with van der Waals surface area (Å²) in [7, 11) is 2.06. The number of likely N-dealkylation sites (tertiary alicyclic amines) is 1. The number of allylic oxidation sites excluding steroid dienone is 1. The Morgan fingerprint density at radius 2 is 1.97 bits per heavy atom. The standard InChI is InChI=1S/C28H31ClN4O2/c1-30-24-8-11-32(12-9-24)18-20-2-3-22-15-26(7-4-21(22)14-20)33-13-10-27(16-28(33)34)35-19-25-6-5-23(29)17-31-25/h2-3,5-6,10,13-17,24,30H,4,7-9,11-12,18-19H2,1H3. The average molecular weight is 491 g/mol. The lowest BCUT2D eigenvalue weighted by Gasteiger charge is -2.32. The Kier molecular flexibility index (Phi) is 7.32. The number of hydrogen-bond donors (Lipinski definition) is 1. The van der Waals surface area contributed by atoms with E-state index in [1.807, 2.05) is 12.1 Å². The summed E-state index contributed by atoms with van der Waals surface area (Å²) < 4.78 is 7.47. The smallest absolute Gasteiger partial charge is 0.258 e. The van der Waals surface area contributed by atoms with Crippen molar-refractivity contribution in [3.05, 3.63) is 92.6 Å². The maximum atomic E-state index is 12.8. The number of hydrogen-bond acceptors (Lipinski definition) is 5. The third kappa shape index (κ3) is 5.84. The van der Waals surface area contributed by atoms with Gasteiger partial charge in [0.1, 0.15) is 12.4 Å². The fourth-order valence-corrected chi connectivity index (χ4v) is 5.01. The predicted molar refractivity (Wildman–Crippen MR) is 141 cm³/mol. The fraction of sp³-hybridized carbons (Fsp3) is 0.357. The Morgan fingerprint density at radius 1 is 1.11 bits per heavy atom. The number of piperidine rings is 1. The van der Waals surface area contributed by atoms with Gasteiger partial charge in [-0.25, -0.2) is 0 Å². The van der Waals surface area contributed by atoms with Crippen LogP contribution in [0, 0.1) is 0 Å². The van der Waals surface area contributed by atoms with E-state index in [-0.39, 0.29) is 12.2 Å². The molecule has 0 amide bonds. The molecule has 1 fully saturated rings. The molecule has 1 N–H and O–H groups in total. The first-order chi connectivity index (χ1) is 17.1.